The van der Waals surface area contributed by atoms with Crippen molar-refractivity contribution in [3.8, 4) is 0 Å². The summed E-state index contributed by atoms with van der Waals surface area (Å²) in [6.45, 7) is 1.82. The van der Waals surface area contributed by atoms with Gasteiger partial charge in [0, 0.05) is 4.47 Å². The highest BCUT2D eigenvalue weighted by molar-refractivity contribution is 9.10. The predicted octanol–water partition coefficient (Wildman–Crippen LogP) is 3.13. The Hall–Kier alpha value is -1.54. The van der Waals surface area contributed by atoms with Crippen molar-refractivity contribution in [1.82, 2.24) is 15.5 Å². The normalized spacial score (nSPS) is 12.5. The summed E-state index contributed by atoms with van der Waals surface area (Å²) < 4.78 is 32.7. The molecule has 102 valence electrons. The quantitative estimate of drug-likeness (QED) is 0.900. The van der Waals surface area contributed by atoms with Crippen LogP contribution in [0.1, 0.15) is 18.9 Å². The predicted molar refractivity (Wildman–Crippen MR) is 69.1 cm³/mol. The topological polar surface area (TPSA) is 63.0 Å². The second-order valence-corrected chi connectivity index (χ2v) is 4.74. The van der Waals surface area contributed by atoms with Crippen molar-refractivity contribution in [2.75, 3.05) is 12.4 Å². The summed E-state index contributed by atoms with van der Waals surface area (Å²) in [7, 11) is 1.73. The van der Waals surface area contributed by atoms with E-state index in [1.54, 1.807) is 7.05 Å². The van der Waals surface area contributed by atoms with Gasteiger partial charge in [0.25, 0.3) is 0 Å². The highest BCUT2D eigenvalue weighted by Crippen LogP contribution is 2.26. The van der Waals surface area contributed by atoms with Crippen LogP contribution in [0.15, 0.2) is 21.0 Å². The van der Waals surface area contributed by atoms with Crippen LogP contribution in [0.2, 0.25) is 0 Å². The smallest absolute Gasteiger partial charge is 0.320 e. The zero-order valence-electron chi connectivity index (χ0n) is 10.2. The highest BCUT2D eigenvalue weighted by Gasteiger charge is 2.16. The lowest BCUT2D eigenvalue weighted by atomic mass is 10.3. The zero-order chi connectivity index (χ0) is 14.0. The number of rotatable bonds is 4. The van der Waals surface area contributed by atoms with Gasteiger partial charge in [-0.1, -0.05) is 21.0 Å². The molecule has 1 atom stereocenters. The second kappa shape index (κ2) is 5.62. The summed E-state index contributed by atoms with van der Waals surface area (Å²) in [6, 6.07) is 2.05. The molecule has 1 aromatic heterocycles. The van der Waals surface area contributed by atoms with E-state index in [0.29, 0.717) is 10.4 Å². The highest BCUT2D eigenvalue weighted by atomic mass is 79.9. The SMILES string of the molecule is CNC(C)c1nnc(Nc2c(F)cc(Br)cc2F)o1. The van der Waals surface area contributed by atoms with Crippen LogP contribution < -0.4 is 10.6 Å². The first-order valence-corrected chi connectivity index (χ1v) is 6.22. The van der Waals surface area contributed by atoms with Crippen LogP contribution in [0.3, 0.4) is 0 Å². The largest absolute Gasteiger partial charge is 0.406 e. The molecule has 0 fully saturated rings. The van der Waals surface area contributed by atoms with E-state index < -0.39 is 11.6 Å². The fourth-order valence-electron chi connectivity index (χ4n) is 1.35. The van der Waals surface area contributed by atoms with Gasteiger partial charge < -0.3 is 15.1 Å². The third-order valence-electron chi connectivity index (χ3n) is 2.48. The Kier molecular flexibility index (Phi) is 4.11. The van der Waals surface area contributed by atoms with Gasteiger partial charge in [-0.3, -0.25) is 0 Å². The first-order valence-electron chi connectivity index (χ1n) is 5.43. The number of nitrogens with zero attached hydrogens (tertiary/aromatic N) is 2. The molecular weight excluding hydrogens is 322 g/mol. The molecule has 2 rings (SSSR count). The van der Waals surface area contributed by atoms with Crippen LogP contribution in [0.25, 0.3) is 0 Å². The minimum absolute atomic E-state index is 0.0720. The lowest BCUT2D eigenvalue weighted by Crippen LogP contribution is -2.12. The van der Waals surface area contributed by atoms with Crippen molar-refractivity contribution in [2.45, 2.75) is 13.0 Å². The van der Waals surface area contributed by atoms with Crippen LogP contribution in [-0.4, -0.2) is 17.2 Å². The standard InChI is InChI=1S/C11H11BrF2N4O/c1-5(15-2)10-17-18-11(19-10)16-9-7(13)3-6(12)4-8(9)14/h3-5,15H,1-2H3,(H,16,18). The van der Waals surface area contributed by atoms with Gasteiger partial charge in [0.2, 0.25) is 5.89 Å². The van der Waals surface area contributed by atoms with Crippen LogP contribution in [-0.2, 0) is 0 Å². The molecule has 0 aliphatic rings. The molecule has 1 aromatic carbocycles. The molecule has 5 nitrogen and oxygen atoms in total. The molecule has 0 amide bonds. The Bertz CT molecular complexity index is 567. The molecule has 2 N–H and O–H groups in total. The molecule has 0 aliphatic heterocycles. The molecule has 0 aliphatic carbocycles. The average Bonchev–Trinajstić information content (AvgIpc) is 2.81. The van der Waals surface area contributed by atoms with E-state index in [1.165, 1.54) is 0 Å². The monoisotopic (exact) mass is 332 g/mol. The van der Waals surface area contributed by atoms with Gasteiger partial charge in [0.15, 0.2) is 11.6 Å². The fourth-order valence-corrected chi connectivity index (χ4v) is 1.75. The van der Waals surface area contributed by atoms with Gasteiger partial charge >= 0.3 is 6.01 Å². The van der Waals surface area contributed by atoms with Crippen LogP contribution in [0.4, 0.5) is 20.5 Å². The van der Waals surface area contributed by atoms with E-state index in [2.05, 4.69) is 36.8 Å². The molecular formula is C11H11BrF2N4O. The first-order chi connectivity index (χ1) is 9.01. The third-order valence-corrected chi connectivity index (χ3v) is 2.94. The van der Waals surface area contributed by atoms with Crippen LogP contribution in [0.5, 0.6) is 0 Å². The lowest BCUT2D eigenvalue weighted by molar-refractivity contribution is 0.442. The van der Waals surface area contributed by atoms with Crippen molar-refractivity contribution in [1.29, 1.82) is 0 Å². The van der Waals surface area contributed by atoms with Crippen molar-refractivity contribution < 1.29 is 13.2 Å². The number of anilines is 2. The number of halogens is 3. The zero-order valence-corrected chi connectivity index (χ0v) is 11.8. The van der Waals surface area contributed by atoms with Crippen molar-refractivity contribution >= 4 is 27.6 Å². The third kappa shape index (κ3) is 3.07. The van der Waals surface area contributed by atoms with Crippen molar-refractivity contribution in [3.63, 3.8) is 0 Å². The summed E-state index contributed by atoms with van der Waals surface area (Å²) in [5, 5.41) is 12.8. The number of hydrogen-bond acceptors (Lipinski definition) is 5. The minimum atomic E-state index is -0.756. The maximum atomic E-state index is 13.6. The number of hydrogen-bond donors (Lipinski definition) is 2. The maximum absolute atomic E-state index is 13.6. The van der Waals surface area contributed by atoms with E-state index in [4.69, 9.17) is 4.42 Å². The molecule has 1 heterocycles. The molecule has 0 bridgehead atoms. The maximum Gasteiger partial charge on any atom is 0.320 e. The van der Waals surface area contributed by atoms with Crippen LogP contribution in [0, 0.1) is 11.6 Å². The number of aromatic nitrogens is 2. The summed E-state index contributed by atoms with van der Waals surface area (Å²) in [5.41, 5.74) is -0.337. The van der Waals surface area contributed by atoms with Gasteiger partial charge in [-0.25, -0.2) is 8.78 Å². The summed E-state index contributed by atoms with van der Waals surface area (Å²) >= 11 is 3.00. The van der Waals surface area contributed by atoms with E-state index in [9.17, 15) is 8.78 Å². The molecule has 0 saturated heterocycles. The van der Waals surface area contributed by atoms with Gasteiger partial charge in [-0.2, -0.15) is 0 Å². The lowest BCUT2D eigenvalue weighted by Gasteiger charge is -2.06. The number of nitrogens with one attached hydrogen (secondary N) is 2. The molecule has 0 radical (unpaired) electrons. The van der Waals surface area contributed by atoms with E-state index >= 15 is 0 Å². The average molecular weight is 333 g/mol. The van der Waals surface area contributed by atoms with E-state index in [1.807, 2.05) is 6.92 Å². The Morgan fingerprint density at radius 3 is 2.47 bits per heavy atom. The molecule has 19 heavy (non-hydrogen) atoms. The Morgan fingerprint density at radius 1 is 1.26 bits per heavy atom. The molecule has 8 heteroatoms. The molecule has 0 saturated carbocycles. The van der Waals surface area contributed by atoms with Crippen LogP contribution >= 0.6 is 15.9 Å². The van der Waals surface area contributed by atoms with Gasteiger partial charge in [-0.05, 0) is 26.1 Å². The van der Waals surface area contributed by atoms with E-state index in [0.717, 1.165) is 12.1 Å². The van der Waals surface area contributed by atoms with Gasteiger partial charge in [-0.15, -0.1) is 5.10 Å². The first kappa shape index (κ1) is 13.9. The summed E-state index contributed by atoms with van der Waals surface area (Å²) in [5.74, 6) is -1.19. The Balaban J connectivity index is 2.24. The molecule has 1 unspecified atom stereocenters. The molecule has 2 aromatic rings. The fraction of sp³-hybridized carbons (Fsp3) is 0.273. The van der Waals surface area contributed by atoms with Crippen molar-refractivity contribution in [3.05, 3.63) is 34.1 Å². The van der Waals surface area contributed by atoms with Crippen molar-refractivity contribution in [2.24, 2.45) is 0 Å². The number of benzene rings is 1. The Morgan fingerprint density at radius 2 is 1.89 bits per heavy atom. The van der Waals surface area contributed by atoms with Gasteiger partial charge in [0.1, 0.15) is 5.69 Å². The molecule has 0 spiro atoms. The minimum Gasteiger partial charge on any atom is -0.406 e. The van der Waals surface area contributed by atoms with Gasteiger partial charge in [0.05, 0.1) is 6.04 Å². The van der Waals surface area contributed by atoms with E-state index in [-0.39, 0.29) is 17.7 Å². The summed E-state index contributed by atoms with van der Waals surface area (Å²) in [4.78, 5) is 0. The Labute approximate surface area is 116 Å². The second-order valence-electron chi connectivity index (χ2n) is 3.83. The summed E-state index contributed by atoms with van der Waals surface area (Å²) in [6.07, 6.45) is 0.